The lowest BCUT2D eigenvalue weighted by atomic mass is 10.1. The summed E-state index contributed by atoms with van der Waals surface area (Å²) in [6, 6.07) is 5.08. The van der Waals surface area contributed by atoms with Crippen LogP contribution in [0.4, 0.5) is 0 Å². The van der Waals surface area contributed by atoms with E-state index in [1.54, 1.807) is 18.2 Å². The van der Waals surface area contributed by atoms with E-state index in [2.05, 4.69) is 0 Å². The van der Waals surface area contributed by atoms with Crippen LogP contribution < -0.4 is 0 Å². The van der Waals surface area contributed by atoms with Crippen molar-refractivity contribution in [2.24, 2.45) is 0 Å². The largest absolute Gasteiger partial charge is 0.495 e. The van der Waals surface area contributed by atoms with Gasteiger partial charge in [-0.25, -0.2) is 0 Å². The van der Waals surface area contributed by atoms with Crippen LogP contribution in [0.5, 0.6) is 0 Å². The second kappa shape index (κ2) is 5.09. The third kappa shape index (κ3) is 2.51. The number of halogens is 2. The monoisotopic (exact) mass is 258 g/mol. The van der Waals surface area contributed by atoms with Crippen LogP contribution >= 0.6 is 23.2 Å². The summed E-state index contributed by atoms with van der Waals surface area (Å²) in [5.74, 6) is 0.602. The van der Waals surface area contributed by atoms with Crippen molar-refractivity contribution in [3.63, 3.8) is 0 Å². The van der Waals surface area contributed by atoms with E-state index in [0.29, 0.717) is 28.0 Å². The van der Waals surface area contributed by atoms with Gasteiger partial charge in [-0.05, 0) is 36.6 Å². The molecule has 0 saturated heterocycles. The summed E-state index contributed by atoms with van der Waals surface area (Å²) in [4.78, 5) is 0. The number of hydrogen-bond donors (Lipinski definition) is 1. The van der Waals surface area contributed by atoms with Crippen molar-refractivity contribution in [2.45, 2.75) is 18.9 Å². The van der Waals surface area contributed by atoms with Gasteiger partial charge in [0.1, 0.15) is 11.9 Å². The van der Waals surface area contributed by atoms with Gasteiger partial charge >= 0.3 is 0 Å². The second-order valence-electron chi connectivity index (χ2n) is 3.67. The van der Waals surface area contributed by atoms with Gasteiger partial charge in [0.25, 0.3) is 0 Å². The van der Waals surface area contributed by atoms with Crippen LogP contribution in [0.1, 0.15) is 24.5 Å². The molecule has 1 aromatic carbocycles. The molecule has 86 valence electrons. The Morgan fingerprint density at radius 1 is 1.25 bits per heavy atom. The van der Waals surface area contributed by atoms with E-state index in [0.717, 1.165) is 12.8 Å². The van der Waals surface area contributed by atoms with Crippen molar-refractivity contribution in [3.8, 4) is 0 Å². The zero-order valence-electron chi connectivity index (χ0n) is 8.62. The number of benzene rings is 1. The smallest absolute Gasteiger partial charge is 0.136 e. The Balaban J connectivity index is 2.22. The molecule has 0 spiro atoms. The Hall–Kier alpha value is -0.700. The molecule has 1 heterocycles. The van der Waals surface area contributed by atoms with Gasteiger partial charge in [-0.3, -0.25) is 0 Å². The van der Waals surface area contributed by atoms with E-state index >= 15 is 0 Å². The first-order valence-corrected chi connectivity index (χ1v) is 5.90. The highest BCUT2D eigenvalue weighted by atomic mass is 35.5. The minimum absolute atomic E-state index is 0.439. The van der Waals surface area contributed by atoms with Crippen molar-refractivity contribution in [1.29, 1.82) is 0 Å². The molecule has 0 aromatic heterocycles. The number of allylic oxidation sites excluding steroid dienone is 1. The molecule has 1 aliphatic heterocycles. The lowest BCUT2D eigenvalue weighted by Crippen LogP contribution is -2.09. The Kier molecular flexibility index (Phi) is 3.74. The van der Waals surface area contributed by atoms with Crippen LogP contribution in [0.25, 0.3) is 0 Å². The predicted octanol–water partition coefficient (Wildman–Crippen LogP) is 3.72. The van der Waals surface area contributed by atoms with E-state index < -0.39 is 6.10 Å². The average Bonchev–Trinajstić information content (AvgIpc) is 2.33. The molecule has 0 fully saturated rings. The maximum atomic E-state index is 10.1. The van der Waals surface area contributed by atoms with Gasteiger partial charge in [-0.1, -0.05) is 29.3 Å². The number of hydrogen-bond acceptors (Lipinski definition) is 2. The lowest BCUT2D eigenvalue weighted by molar-refractivity contribution is 0.0918. The van der Waals surface area contributed by atoms with Gasteiger partial charge in [0, 0.05) is 0 Å². The second-order valence-corrected chi connectivity index (χ2v) is 4.49. The maximum Gasteiger partial charge on any atom is 0.136 e. The van der Waals surface area contributed by atoms with E-state index in [1.165, 1.54) is 0 Å². The Labute approximate surface area is 104 Å². The van der Waals surface area contributed by atoms with Crippen LogP contribution in [-0.4, -0.2) is 11.7 Å². The number of ether oxygens (including phenoxy) is 1. The first-order valence-electron chi connectivity index (χ1n) is 5.14. The van der Waals surface area contributed by atoms with Gasteiger partial charge in [0.05, 0.1) is 16.7 Å². The fourth-order valence-corrected chi connectivity index (χ4v) is 1.92. The molecule has 4 heteroatoms. The molecular weight excluding hydrogens is 247 g/mol. The van der Waals surface area contributed by atoms with Gasteiger partial charge < -0.3 is 9.84 Å². The number of rotatable bonds is 2. The van der Waals surface area contributed by atoms with E-state index in [4.69, 9.17) is 27.9 Å². The fourth-order valence-electron chi connectivity index (χ4n) is 1.61. The zero-order valence-corrected chi connectivity index (χ0v) is 10.1. The molecule has 1 N–H and O–H groups in total. The third-order valence-corrected chi connectivity index (χ3v) is 3.23. The highest BCUT2D eigenvalue weighted by molar-refractivity contribution is 6.42. The summed E-state index contributed by atoms with van der Waals surface area (Å²) in [7, 11) is 0. The summed E-state index contributed by atoms with van der Waals surface area (Å²) in [6.45, 7) is 0.657. The Morgan fingerprint density at radius 2 is 2.06 bits per heavy atom. The molecule has 0 saturated carbocycles. The molecule has 0 bridgehead atoms. The van der Waals surface area contributed by atoms with Crippen LogP contribution in [0, 0.1) is 0 Å². The quantitative estimate of drug-likeness (QED) is 0.877. The first kappa shape index (κ1) is 11.8. The normalized spacial score (nSPS) is 17.6. The maximum absolute atomic E-state index is 10.1. The van der Waals surface area contributed by atoms with Crippen LogP contribution in [-0.2, 0) is 4.74 Å². The van der Waals surface area contributed by atoms with Gasteiger partial charge in [0.15, 0.2) is 0 Å². The molecule has 2 rings (SSSR count). The molecule has 1 unspecified atom stereocenters. The van der Waals surface area contributed by atoms with Crippen molar-refractivity contribution in [3.05, 3.63) is 45.6 Å². The van der Waals surface area contributed by atoms with Crippen molar-refractivity contribution in [1.82, 2.24) is 0 Å². The molecule has 0 amide bonds. The Morgan fingerprint density at radius 3 is 2.69 bits per heavy atom. The molecule has 1 aromatic rings. The summed E-state index contributed by atoms with van der Waals surface area (Å²) in [6.07, 6.45) is 3.09. The van der Waals surface area contributed by atoms with Crippen molar-refractivity contribution in [2.75, 3.05) is 6.61 Å². The van der Waals surface area contributed by atoms with Crippen LogP contribution in [0.2, 0.25) is 10.0 Å². The van der Waals surface area contributed by atoms with Crippen LogP contribution in [0.3, 0.4) is 0 Å². The highest BCUT2D eigenvalue weighted by Crippen LogP contribution is 2.30. The lowest BCUT2D eigenvalue weighted by Gasteiger charge is -2.20. The first-order chi connectivity index (χ1) is 7.68. The summed E-state index contributed by atoms with van der Waals surface area (Å²) >= 11 is 11.7. The molecular formula is C12H12Cl2O2. The zero-order chi connectivity index (χ0) is 11.5. The summed E-state index contributed by atoms with van der Waals surface area (Å²) in [5.41, 5.74) is 0.697. The van der Waals surface area contributed by atoms with Crippen LogP contribution in [0.15, 0.2) is 30.0 Å². The molecule has 16 heavy (non-hydrogen) atoms. The van der Waals surface area contributed by atoms with E-state index in [1.807, 2.05) is 6.08 Å². The molecule has 2 nitrogen and oxygen atoms in total. The van der Waals surface area contributed by atoms with Gasteiger partial charge in [-0.2, -0.15) is 0 Å². The SMILES string of the molecule is OC(C1=CCCCO1)c1ccc(Cl)c(Cl)c1. The van der Waals surface area contributed by atoms with Gasteiger partial charge in [0.2, 0.25) is 0 Å². The fraction of sp³-hybridized carbons (Fsp3) is 0.333. The molecule has 0 radical (unpaired) electrons. The van der Waals surface area contributed by atoms with E-state index in [9.17, 15) is 5.11 Å². The molecule has 0 aliphatic carbocycles. The minimum atomic E-state index is -0.755. The van der Waals surface area contributed by atoms with E-state index in [-0.39, 0.29) is 0 Å². The molecule has 1 atom stereocenters. The minimum Gasteiger partial charge on any atom is -0.495 e. The highest BCUT2D eigenvalue weighted by Gasteiger charge is 2.17. The number of aliphatic hydroxyl groups is 1. The number of aliphatic hydroxyl groups excluding tert-OH is 1. The average molecular weight is 259 g/mol. The summed E-state index contributed by atoms with van der Waals surface area (Å²) in [5, 5.41) is 11.0. The third-order valence-electron chi connectivity index (χ3n) is 2.49. The summed E-state index contributed by atoms with van der Waals surface area (Å²) < 4.78 is 5.40. The molecule has 1 aliphatic rings. The predicted molar refractivity (Wildman–Crippen MR) is 64.7 cm³/mol. The van der Waals surface area contributed by atoms with Gasteiger partial charge in [-0.15, -0.1) is 0 Å². The topological polar surface area (TPSA) is 29.5 Å². The van der Waals surface area contributed by atoms with Crippen molar-refractivity contribution < 1.29 is 9.84 Å². The van der Waals surface area contributed by atoms with Crippen molar-refractivity contribution >= 4 is 23.2 Å². The standard InChI is InChI=1S/C12H12Cl2O2/c13-9-5-4-8(7-10(9)14)12(15)11-3-1-2-6-16-11/h3-5,7,12,15H,1-2,6H2. The Bertz CT molecular complexity index is 415.